The highest BCUT2D eigenvalue weighted by atomic mass is 35.5. The van der Waals surface area contributed by atoms with Crippen LogP contribution in [0, 0.1) is 0 Å². The van der Waals surface area contributed by atoms with Crippen LogP contribution in [0.2, 0.25) is 0 Å². The molecule has 1 aromatic rings. The Labute approximate surface area is 252 Å². The molecule has 0 radical (unpaired) electrons. The fourth-order valence-corrected chi connectivity index (χ4v) is 5.36. The van der Waals surface area contributed by atoms with Gasteiger partial charge in [0, 0.05) is 12.6 Å². The molecule has 1 amide bonds. The average molecular weight is 602 g/mol. The number of nitrogens with zero attached hydrogens (tertiary/aromatic N) is 2. The number of carbonyl (C=O) groups excluding carboxylic acids is 1. The molecule has 0 bridgehead atoms. The van der Waals surface area contributed by atoms with E-state index in [1.54, 1.807) is 0 Å². The van der Waals surface area contributed by atoms with Gasteiger partial charge in [-0.2, -0.15) is 4.98 Å². The normalized spacial score (nSPS) is 20.2. The topological polar surface area (TPSA) is 134 Å². The summed E-state index contributed by atoms with van der Waals surface area (Å²) < 4.78 is 6.40. The van der Waals surface area contributed by atoms with Crippen molar-refractivity contribution in [1.82, 2.24) is 9.55 Å². The fraction of sp³-hybridized carbons (Fsp3) is 0.839. The first-order valence-electron chi connectivity index (χ1n) is 16.0. The quantitative estimate of drug-likeness (QED) is 0.112. The lowest BCUT2D eigenvalue weighted by molar-refractivity contribution is -0.116. The molecule has 2 heterocycles. The molecule has 9 nitrogen and oxygen atoms in total. The van der Waals surface area contributed by atoms with Gasteiger partial charge in [0.2, 0.25) is 5.91 Å². The number of aliphatic hydroxyl groups excluding tert-OH is 3. The molecule has 1 saturated heterocycles. The first kappa shape index (κ1) is 37.5. The highest BCUT2D eigenvalue weighted by molar-refractivity contribution is 5.89. The summed E-state index contributed by atoms with van der Waals surface area (Å²) in [5.74, 6) is -0.0552. The van der Waals surface area contributed by atoms with Crippen molar-refractivity contribution < 1.29 is 24.9 Å². The first-order valence-corrected chi connectivity index (χ1v) is 16.0. The van der Waals surface area contributed by atoms with Gasteiger partial charge in [0.25, 0.3) is 0 Å². The number of hydrogen-bond donors (Lipinski definition) is 4. The zero-order valence-electron chi connectivity index (χ0n) is 25.2. The third-order valence-corrected chi connectivity index (χ3v) is 7.90. The Morgan fingerprint density at radius 1 is 0.829 bits per heavy atom. The second-order valence-corrected chi connectivity index (χ2v) is 11.4. The lowest BCUT2D eigenvalue weighted by Crippen LogP contribution is -2.36. The zero-order chi connectivity index (χ0) is 29.0. The number of rotatable bonds is 23. The van der Waals surface area contributed by atoms with Crippen LogP contribution in [0.1, 0.15) is 142 Å². The van der Waals surface area contributed by atoms with Crippen molar-refractivity contribution in [2.45, 2.75) is 160 Å². The molecule has 0 aliphatic carbocycles. The average Bonchev–Trinajstić information content (AvgIpc) is 3.23. The molecule has 1 aromatic heterocycles. The van der Waals surface area contributed by atoms with Crippen LogP contribution in [0.3, 0.4) is 0 Å². The van der Waals surface area contributed by atoms with E-state index < -0.39 is 36.8 Å². The summed E-state index contributed by atoms with van der Waals surface area (Å²) in [6.45, 7) is 1.79. The molecule has 0 aromatic carbocycles. The van der Waals surface area contributed by atoms with Crippen LogP contribution < -0.4 is 11.0 Å². The predicted molar refractivity (Wildman–Crippen MR) is 165 cm³/mol. The summed E-state index contributed by atoms with van der Waals surface area (Å²) in [5.41, 5.74) is -0.726. The number of anilines is 1. The molecular weight excluding hydrogens is 546 g/mol. The van der Waals surface area contributed by atoms with Crippen LogP contribution in [0.5, 0.6) is 0 Å². The van der Waals surface area contributed by atoms with E-state index in [0.29, 0.717) is 6.42 Å². The molecule has 1 aliphatic rings. The Morgan fingerprint density at radius 3 is 1.71 bits per heavy atom. The monoisotopic (exact) mass is 601 g/mol. The molecular formula is C31H56ClN3O6. The van der Waals surface area contributed by atoms with Gasteiger partial charge in [0.05, 0.1) is 6.61 Å². The van der Waals surface area contributed by atoms with Gasteiger partial charge in [-0.05, 0) is 12.5 Å². The van der Waals surface area contributed by atoms with Crippen LogP contribution in [-0.4, -0.2) is 55.7 Å². The number of nitrogens with one attached hydrogen (secondary N) is 1. The maximum absolute atomic E-state index is 12.4. The van der Waals surface area contributed by atoms with Crippen molar-refractivity contribution in [2.75, 3.05) is 11.9 Å². The number of amides is 1. The molecule has 1 fully saturated rings. The van der Waals surface area contributed by atoms with Crippen LogP contribution in [0.4, 0.5) is 5.82 Å². The predicted octanol–water partition coefficient (Wildman–Crippen LogP) is 6.04. The zero-order valence-corrected chi connectivity index (χ0v) is 26.0. The maximum Gasteiger partial charge on any atom is 0.351 e. The van der Waals surface area contributed by atoms with Crippen LogP contribution in [0.25, 0.3) is 0 Å². The standard InChI is InChI=1S/C31H55N3O6.ClH/c1-2-3-4-5-6-7-8-9-10-11-12-13-14-15-16-17-18-19-20-21-27(36)32-26-22-23-34(31(39)33-26)30-29(38)28(37)25(24-35)40-30;/h22-23,25,28-30,35,37-38H,2-21,24H2,1H3,(H,32,33,36,39);1H/t25-,28-,29+,30-;/m1./s1. The second-order valence-electron chi connectivity index (χ2n) is 11.4. The third kappa shape index (κ3) is 15.0. The first-order chi connectivity index (χ1) is 19.5. The molecule has 2 rings (SSSR count). The van der Waals surface area contributed by atoms with Crippen LogP contribution in [-0.2, 0) is 9.53 Å². The minimum absolute atomic E-state index is 0. The number of ether oxygens (including phenoxy) is 1. The van der Waals surface area contributed by atoms with Crippen molar-refractivity contribution >= 4 is 24.1 Å². The SMILES string of the molecule is CCCCCCCCCCCCCCCCCCCCCC(=O)Nc1ccn([C@@H]2O[C@H](CO)[C@@H](O)[C@@H]2O)c(=O)n1.Cl. The highest BCUT2D eigenvalue weighted by Gasteiger charge is 2.43. The van der Waals surface area contributed by atoms with E-state index in [-0.39, 0.29) is 24.1 Å². The summed E-state index contributed by atoms with van der Waals surface area (Å²) in [5, 5.41) is 31.8. The molecule has 41 heavy (non-hydrogen) atoms. The van der Waals surface area contributed by atoms with E-state index in [0.717, 1.165) is 23.8 Å². The Balaban J connectivity index is 0.00000840. The van der Waals surface area contributed by atoms with Crippen molar-refractivity contribution in [2.24, 2.45) is 0 Å². The highest BCUT2D eigenvalue weighted by Crippen LogP contribution is 2.28. The van der Waals surface area contributed by atoms with Gasteiger partial charge in [0.15, 0.2) is 6.23 Å². The smallest absolute Gasteiger partial charge is 0.351 e. The van der Waals surface area contributed by atoms with Gasteiger partial charge < -0.3 is 25.4 Å². The van der Waals surface area contributed by atoms with E-state index in [9.17, 15) is 24.9 Å². The molecule has 0 saturated carbocycles. The Bertz CT molecular complexity index is 871. The molecule has 0 unspecified atom stereocenters. The van der Waals surface area contributed by atoms with Gasteiger partial charge in [0.1, 0.15) is 24.1 Å². The van der Waals surface area contributed by atoms with Gasteiger partial charge in [-0.3, -0.25) is 9.36 Å². The van der Waals surface area contributed by atoms with Crippen molar-refractivity contribution in [3.8, 4) is 0 Å². The number of unbranched alkanes of at least 4 members (excludes halogenated alkanes) is 18. The van der Waals surface area contributed by atoms with Gasteiger partial charge in [-0.1, -0.05) is 122 Å². The summed E-state index contributed by atoms with van der Waals surface area (Å²) in [4.78, 5) is 28.4. The van der Waals surface area contributed by atoms with E-state index in [4.69, 9.17) is 4.74 Å². The molecule has 238 valence electrons. The summed E-state index contributed by atoms with van der Waals surface area (Å²) >= 11 is 0. The number of hydrogen-bond acceptors (Lipinski definition) is 7. The van der Waals surface area contributed by atoms with E-state index in [2.05, 4.69) is 17.2 Å². The van der Waals surface area contributed by atoms with Crippen LogP contribution in [0.15, 0.2) is 17.1 Å². The summed E-state index contributed by atoms with van der Waals surface area (Å²) in [7, 11) is 0. The summed E-state index contributed by atoms with van der Waals surface area (Å²) in [6.07, 6.45) is 21.7. The molecule has 10 heteroatoms. The Kier molecular flexibility index (Phi) is 21.0. The van der Waals surface area contributed by atoms with Gasteiger partial charge in [-0.25, -0.2) is 4.79 Å². The fourth-order valence-electron chi connectivity index (χ4n) is 5.36. The molecule has 0 spiro atoms. The molecule has 4 atom stereocenters. The van der Waals surface area contributed by atoms with Gasteiger partial charge in [-0.15, -0.1) is 12.4 Å². The number of halogens is 1. The Morgan fingerprint density at radius 2 is 1.29 bits per heavy atom. The maximum atomic E-state index is 12.4. The minimum Gasteiger partial charge on any atom is -0.394 e. The van der Waals surface area contributed by atoms with E-state index >= 15 is 0 Å². The summed E-state index contributed by atoms with van der Waals surface area (Å²) in [6, 6.07) is 1.45. The molecule has 1 aliphatic heterocycles. The lowest BCUT2D eigenvalue weighted by Gasteiger charge is -2.17. The molecule has 4 N–H and O–H groups in total. The number of carbonyl (C=O) groups is 1. The number of aliphatic hydroxyl groups is 3. The van der Waals surface area contributed by atoms with Crippen molar-refractivity contribution in [3.63, 3.8) is 0 Å². The van der Waals surface area contributed by atoms with Crippen molar-refractivity contribution in [3.05, 3.63) is 22.7 Å². The van der Waals surface area contributed by atoms with Crippen LogP contribution >= 0.6 is 12.4 Å². The lowest BCUT2D eigenvalue weighted by atomic mass is 10.0. The number of aromatic nitrogens is 2. The second kappa shape index (κ2) is 23.0. The Hall–Kier alpha value is -1.52. The van der Waals surface area contributed by atoms with E-state index in [1.807, 2.05) is 0 Å². The third-order valence-electron chi connectivity index (χ3n) is 7.90. The van der Waals surface area contributed by atoms with Crippen molar-refractivity contribution in [1.29, 1.82) is 0 Å². The van der Waals surface area contributed by atoms with E-state index in [1.165, 1.54) is 115 Å². The minimum atomic E-state index is -1.37. The largest absolute Gasteiger partial charge is 0.394 e. The van der Waals surface area contributed by atoms with Gasteiger partial charge >= 0.3 is 5.69 Å².